The highest BCUT2D eigenvalue weighted by molar-refractivity contribution is 6.15. The number of para-hydroxylation sites is 3. The summed E-state index contributed by atoms with van der Waals surface area (Å²) in [6.07, 6.45) is 0. The van der Waals surface area contributed by atoms with Crippen LogP contribution in [0.4, 0.5) is 34.1 Å². The maximum absolute atomic E-state index is 2.43. The van der Waals surface area contributed by atoms with E-state index in [-0.39, 0.29) is 0 Å². The maximum Gasteiger partial charge on any atom is 0.0561 e. The fourth-order valence-corrected chi connectivity index (χ4v) is 8.51. The first-order valence-electron chi connectivity index (χ1n) is 18.2. The Kier molecular flexibility index (Phi) is 6.55. The zero-order chi connectivity index (χ0) is 34.9. The molecule has 0 atom stereocenters. The number of hydrogen-bond donors (Lipinski definition) is 0. The van der Waals surface area contributed by atoms with Crippen molar-refractivity contribution in [3.8, 4) is 16.8 Å². The van der Waals surface area contributed by atoms with E-state index in [1.165, 1.54) is 60.2 Å². The van der Waals surface area contributed by atoms with Crippen LogP contribution >= 0.6 is 0 Å². The van der Waals surface area contributed by atoms with Crippen LogP contribution in [0.25, 0.3) is 60.2 Å². The Morgan fingerprint density at radius 1 is 0.340 bits per heavy atom. The molecule has 0 radical (unpaired) electrons. The van der Waals surface area contributed by atoms with Crippen molar-refractivity contribution >= 4 is 77.5 Å². The second kappa shape index (κ2) is 11.7. The lowest BCUT2D eigenvalue weighted by Crippen LogP contribution is -2.16. The van der Waals surface area contributed by atoms with E-state index in [1.807, 2.05) is 0 Å². The molecule has 0 saturated heterocycles. The Hall–Kier alpha value is -7.10. The fourth-order valence-electron chi connectivity index (χ4n) is 8.51. The molecule has 1 aliphatic heterocycles. The van der Waals surface area contributed by atoms with E-state index in [1.54, 1.807) is 0 Å². The van der Waals surface area contributed by atoms with Crippen LogP contribution in [-0.2, 0) is 0 Å². The minimum absolute atomic E-state index is 1.10. The molecule has 0 saturated carbocycles. The molecule has 0 unspecified atom stereocenters. The van der Waals surface area contributed by atoms with Gasteiger partial charge in [0.1, 0.15) is 0 Å². The van der Waals surface area contributed by atoms with Crippen molar-refractivity contribution in [1.82, 2.24) is 4.57 Å². The minimum atomic E-state index is 1.10. The average molecular weight is 676 g/mol. The number of fused-ring (bicyclic) bond motifs is 6. The van der Waals surface area contributed by atoms with Crippen LogP contribution in [0.2, 0.25) is 0 Å². The number of aromatic nitrogens is 1. The maximum atomic E-state index is 2.43. The molecule has 3 heteroatoms. The van der Waals surface area contributed by atoms with Crippen LogP contribution in [0, 0.1) is 0 Å². The first-order chi connectivity index (χ1) is 26.3. The van der Waals surface area contributed by atoms with Crippen LogP contribution in [-0.4, -0.2) is 4.57 Å². The van der Waals surface area contributed by atoms with Gasteiger partial charge in [-0.05, 0) is 101 Å². The van der Waals surface area contributed by atoms with E-state index in [9.17, 15) is 0 Å². The molecule has 11 rings (SSSR count). The van der Waals surface area contributed by atoms with Crippen LogP contribution < -0.4 is 9.80 Å². The smallest absolute Gasteiger partial charge is 0.0561 e. The largest absolute Gasteiger partial charge is 0.310 e. The van der Waals surface area contributed by atoms with Crippen LogP contribution in [0.1, 0.15) is 0 Å². The molecular weight excluding hydrogens is 643 g/mol. The van der Waals surface area contributed by atoms with Gasteiger partial charge in [0.2, 0.25) is 0 Å². The third kappa shape index (κ3) is 4.61. The molecule has 1 aromatic heterocycles. The molecule has 53 heavy (non-hydrogen) atoms. The summed E-state index contributed by atoms with van der Waals surface area (Å²) in [5, 5.41) is 7.42. The first-order valence-corrected chi connectivity index (χ1v) is 18.2. The molecule has 3 nitrogen and oxygen atoms in total. The highest BCUT2D eigenvalue weighted by atomic mass is 15.2. The van der Waals surface area contributed by atoms with Crippen molar-refractivity contribution in [1.29, 1.82) is 0 Å². The van der Waals surface area contributed by atoms with Crippen LogP contribution in [0.5, 0.6) is 0 Å². The van der Waals surface area contributed by atoms with E-state index in [2.05, 4.69) is 215 Å². The van der Waals surface area contributed by atoms with Gasteiger partial charge in [-0.2, -0.15) is 0 Å². The third-order valence-electron chi connectivity index (χ3n) is 10.8. The van der Waals surface area contributed by atoms with E-state index < -0.39 is 0 Å². The quantitative estimate of drug-likeness (QED) is 0.180. The number of anilines is 6. The SMILES string of the molecule is c1ccc(N2c3cc(N(c4ccc5ccccc5c4)c4ccc5c(c4)c4ccccc4n5-c4ccccc4)ccc3-c3cccc4cccc2c34)cc1. The number of benzene rings is 9. The molecular formula is C50H33N3. The van der Waals surface area contributed by atoms with Gasteiger partial charge in [0, 0.05) is 50.2 Å². The number of nitrogens with zero attached hydrogens (tertiary/aromatic N) is 3. The molecule has 0 aliphatic carbocycles. The summed E-state index contributed by atoms with van der Waals surface area (Å²) >= 11 is 0. The van der Waals surface area contributed by atoms with E-state index >= 15 is 0 Å². The predicted octanol–water partition coefficient (Wildman–Crippen LogP) is 14.0. The Morgan fingerprint density at radius 2 is 0.962 bits per heavy atom. The van der Waals surface area contributed by atoms with E-state index in [0.29, 0.717) is 0 Å². The molecule has 0 fully saturated rings. The minimum Gasteiger partial charge on any atom is -0.310 e. The zero-order valence-corrected chi connectivity index (χ0v) is 28.9. The molecule has 1 aliphatic rings. The second-order valence-corrected chi connectivity index (χ2v) is 13.8. The summed E-state index contributed by atoms with van der Waals surface area (Å²) in [5.74, 6) is 0. The Labute approximate surface area is 307 Å². The van der Waals surface area contributed by atoms with Crippen molar-refractivity contribution in [3.63, 3.8) is 0 Å². The summed E-state index contributed by atoms with van der Waals surface area (Å²) in [5.41, 5.74) is 12.8. The zero-order valence-electron chi connectivity index (χ0n) is 28.9. The van der Waals surface area contributed by atoms with Crippen LogP contribution in [0.15, 0.2) is 200 Å². The van der Waals surface area contributed by atoms with Gasteiger partial charge in [-0.25, -0.2) is 0 Å². The molecule has 9 aromatic carbocycles. The molecule has 0 N–H and O–H groups in total. The second-order valence-electron chi connectivity index (χ2n) is 13.8. The standard InChI is InChI=1S/C50H33N3/c1-3-17-37(18-4-1)52-46-23-10-9-21-42(46)45-32-40(28-30-47(45)52)51(39-26-25-34-13-7-8-14-36(34)31-39)41-27-29-43-44-22-11-15-35-16-12-24-48(50(35)44)53(49(43)33-41)38-19-5-2-6-20-38/h1-33H. The summed E-state index contributed by atoms with van der Waals surface area (Å²) in [6, 6.07) is 72.9. The van der Waals surface area contributed by atoms with Gasteiger partial charge in [-0.3, -0.25) is 0 Å². The third-order valence-corrected chi connectivity index (χ3v) is 10.8. The first kappa shape index (κ1) is 29.6. The summed E-state index contributed by atoms with van der Waals surface area (Å²) in [4.78, 5) is 4.86. The summed E-state index contributed by atoms with van der Waals surface area (Å²) < 4.78 is 2.38. The van der Waals surface area contributed by atoms with Gasteiger partial charge in [-0.1, -0.05) is 121 Å². The van der Waals surface area contributed by atoms with Crippen molar-refractivity contribution in [3.05, 3.63) is 200 Å². The van der Waals surface area contributed by atoms with E-state index in [4.69, 9.17) is 0 Å². The van der Waals surface area contributed by atoms with Gasteiger partial charge in [0.25, 0.3) is 0 Å². The van der Waals surface area contributed by atoms with Gasteiger partial charge in [0.05, 0.1) is 22.4 Å². The number of hydrogen-bond acceptors (Lipinski definition) is 2. The van der Waals surface area contributed by atoms with Crippen molar-refractivity contribution < 1.29 is 0 Å². The van der Waals surface area contributed by atoms with Crippen molar-refractivity contribution in [2.24, 2.45) is 0 Å². The molecule has 248 valence electrons. The Bertz CT molecular complexity index is 3010. The molecule has 0 spiro atoms. The van der Waals surface area contributed by atoms with E-state index in [0.717, 1.165) is 34.1 Å². The summed E-state index contributed by atoms with van der Waals surface area (Å²) in [7, 11) is 0. The average Bonchev–Trinajstić information content (AvgIpc) is 3.55. The Morgan fingerprint density at radius 3 is 1.81 bits per heavy atom. The highest BCUT2D eigenvalue weighted by Gasteiger charge is 2.27. The highest BCUT2D eigenvalue weighted by Crippen LogP contribution is 2.52. The van der Waals surface area contributed by atoms with Gasteiger partial charge in [-0.15, -0.1) is 0 Å². The molecule has 0 bridgehead atoms. The van der Waals surface area contributed by atoms with Crippen LogP contribution in [0.3, 0.4) is 0 Å². The monoisotopic (exact) mass is 675 g/mol. The molecule has 0 amide bonds. The lowest BCUT2D eigenvalue weighted by atomic mass is 9.90. The predicted molar refractivity (Wildman–Crippen MR) is 224 cm³/mol. The fraction of sp³-hybridized carbons (Fsp3) is 0. The number of rotatable bonds is 5. The Balaban J connectivity index is 1.17. The van der Waals surface area contributed by atoms with Gasteiger partial charge in [0.15, 0.2) is 0 Å². The molecule has 2 heterocycles. The van der Waals surface area contributed by atoms with Crippen molar-refractivity contribution in [2.75, 3.05) is 9.80 Å². The van der Waals surface area contributed by atoms with Gasteiger partial charge < -0.3 is 14.4 Å². The molecule has 10 aromatic rings. The summed E-state index contributed by atoms with van der Waals surface area (Å²) in [6.45, 7) is 0. The lowest BCUT2D eigenvalue weighted by molar-refractivity contribution is 1.18. The topological polar surface area (TPSA) is 11.4 Å². The van der Waals surface area contributed by atoms with Gasteiger partial charge >= 0.3 is 0 Å². The van der Waals surface area contributed by atoms with Crippen molar-refractivity contribution in [2.45, 2.75) is 0 Å². The normalized spacial score (nSPS) is 12.1. The lowest BCUT2D eigenvalue weighted by Gasteiger charge is -2.35.